The molecule has 5 atom stereocenters. The van der Waals surface area contributed by atoms with Crippen LogP contribution < -0.4 is 5.32 Å². The summed E-state index contributed by atoms with van der Waals surface area (Å²) in [6.07, 6.45) is 10.00. The maximum Gasteiger partial charge on any atom is 0.111 e. The summed E-state index contributed by atoms with van der Waals surface area (Å²) >= 11 is 0. The van der Waals surface area contributed by atoms with E-state index in [-0.39, 0.29) is 18.1 Å². The maximum absolute atomic E-state index is 10.2. The Morgan fingerprint density at radius 2 is 1.62 bits per heavy atom. The summed E-state index contributed by atoms with van der Waals surface area (Å²) in [6.45, 7) is 3.81. The molecule has 2 aliphatic rings. The molecule has 0 unspecified atom stereocenters. The minimum Gasteiger partial charge on any atom is -0.390 e. The zero-order valence-corrected chi connectivity index (χ0v) is 13.5. The van der Waals surface area contributed by atoms with Crippen LogP contribution in [0.15, 0.2) is 0 Å². The third kappa shape index (κ3) is 4.92. The monoisotopic (exact) mass is 299 g/mol. The molecule has 0 aromatic rings. The van der Waals surface area contributed by atoms with Gasteiger partial charge in [-0.05, 0) is 19.4 Å². The molecule has 1 aliphatic carbocycles. The number of nitrogens with one attached hydrogen (secondary N) is 1. The second-order valence-electron chi connectivity index (χ2n) is 6.81. The highest BCUT2D eigenvalue weighted by atomic mass is 16.5. The molecule has 1 saturated heterocycles. The molecule has 3 N–H and O–H groups in total. The fourth-order valence-electron chi connectivity index (χ4n) is 3.65. The molecule has 2 rings (SSSR count). The molecule has 0 aromatic heterocycles. The fourth-order valence-corrected chi connectivity index (χ4v) is 3.65. The quantitative estimate of drug-likeness (QED) is 0.541. The first kappa shape index (κ1) is 17.2. The second-order valence-corrected chi connectivity index (χ2v) is 6.81. The summed E-state index contributed by atoms with van der Waals surface area (Å²) in [5.74, 6) is 0.203. The van der Waals surface area contributed by atoms with Crippen LogP contribution in [-0.2, 0) is 4.74 Å². The Bertz CT molecular complexity index is 287. The van der Waals surface area contributed by atoms with E-state index < -0.39 is 12.2 Å². The van der Waals surface area contributed by atoms with Crippen LogP contribution in [0.25, 0.3) is 0 Å². The Labute approximate surface area is 129 Å². The predicted molar refractivity (Wildman–Crippen MR) is 84.3 cm³/mol. The molecule has 1 saturated carbocycles. The molecule has 0 radical (unpaired) electrons. The third-order valence-electron chi connectivity index (χ3n) is 5.06. The standard InChI is InChI=1S/C17H33NO3/c1-2-3-4-5-6-7-8-9-10-18-14-11-13-12-21-17(15(13)19)16(14)20/h13-20H,2-12H2,1H3/t13-,14-,15-,16+,17-/m1/s1. The lowest BCUT2D eigenvalue weighted by molar-refractivity contribution is -0.0755. The van der Waals surface area contributed by atoms with Gasteiger partial charge in [0.25, 0.3) is 0 Å². The molecule has 124 valence electrons. The highest BCUT2D eigenvalue weighted by Crippen LogP contribution is 2.34. The number of unbranched alkanes of at least 4 members (excludes halogenated alkanes) is 7. The molecule has 1 heterocycles. The SMILES string of the molecule is CCCCCCCCCCN[C@@H]1C[C@@H]2CO[C@H]([C@@H]2O)[C@H]1O. The molecular weight excluding hydrogens is 266 g/mol. The molecule has 0 amide bonds. The Kier molecular flexibility index (Phi) is 7.44. The van der Waals surface area contributed by atoms with Crippen LogP contribution in [0, 0.1) is 5.92 Å². The van der Waals surface area contributed by atoms with Crippen LogP contribution >= 0.6 is 0 Å². The average Bonchev–Trinajstić information content (AvgIpc) is 2.75. The Morgan fingerprint density at radius 3 is 2.33 bits per heavy atom. The minimum atomic E-state index is -0.562. The number of hydrogen-bond donors (Lipinski definition) is 3. The van der Waals surface area contributed by atoms with E-state index in [0.29, 0.717) is 6.61 Å². The normalized spacial score (nSPS) is 35.3. The van der Waals surface area contributed by atoms with Gasteiger partial charge in [0.2, 0.25) is 0 Å². The van der Waals surface area contributed by atoms with Gasteiger partial charge in [-0.3, -0.25) is 0 Å². The predicted octanol–water partition coefficient (Wildman–Crippen LogP) is 2.23. The van der Waals surface area contributed by atoms with Crippen LogP contribution in [0.5, 0.6) is 0 Å². The van der Waals surface area contributed by atoms with Gasteiger partial charge in [0.15, 0.2) is 0 Å². The summed E-state index contributed by atoms with van der Waals surface area (Å²) in [5, 5.41) is 23.6. The van der Waals surface area contributed by atoms with Crippen LogP contribution in [-0.4, -0.2) is 47.7 Å². The van der Waals surface area contributed by atoms with E-state index in [9.17, 15) is 10.2 Å². The van der Waals surface area contributed by atoms with E-state index in [1.54, 1.807) is 0 Å². The molecule has 4 nitrogen and oxygen atoms in total. The van der Waals surface area contributed by atoms with Gasteiger partial charge in [-0.15, -0.1) is 0 Å². The van der Waals surface area contributed by atoms with Crippen molar-refractivity contribution in [2.24, 2.45) is 5.92 Å². The first-order chi connectivity index (χ1) is 10.2. The summed E-state index contributed by atoms with van der Waals surface area (Å²) in [7, 11) is 0. The molecule has 2 fully saturated rings. The van der Waals surface area contributed by atoms with E-state index in [1.807, 2.05) is 0 Å². The van der Waals surface area contributed by atoms with Crippen molar-refractivity contribution < 1.29 is 14.9 Å². The van der Waals surface area contributed by atoms with Crippen molar-refractivity contribution in [3.05, 3.63) is 0 Å². The molecule has 1 aliphatic heterocycles. The molecule has 4 heteroatoms. The third-order valence-corrected chi connectivity index (χ3v) is 5.06. The summed E-state index contributed by atoms with van der Waals surface area (Å²) < 4.78 is 5.48. The van der Waals surface area contributed by atoms with Crippen molar-refractivity contribution in [2.45, 2.75) is 89.1 Å². The number of aliphatic hydroxyl groups excluding tert-OH is 2. The van der Waals surface area contributed by atoms with Gasteiger partial charge in [0.05, 0.1) is 18.8 Å². The lowest BCUT2D eigenvalue weighted by Gasteiger charge is -2.35. The number of rotatable bonds is 10. The van der Waals surface area contributed by atoms with Gasteiger partial charge in [-0.2, -0.15) is 0 Å². The highest BCUT2D eigenvalue weighted by Gasteiger charge is 2.48. The smallest absolute Gasteiger partial charge is 0.111 e. The van der Waals surface area contributed by atoms with Crippen molar-refractivity contribution in [3.63, 3.8) is 0 Å². The van der Waals surface area contributed by atoms with Gasteiger partial charge in [0.1, 0.15) is 6.10 Å². The van der Waals surface area contributed by atoms with Crippen molar-refractivity contribution in [1.29, 1.82) is 0 Å². The van der Waals surface area contributed by atoms with Crippen molar-refractivity contribution in [2.75, 3.05) is 13.2 Å². The maximum atomic E-state index is 10.2. The van der Waals surface area contributed by atoms with Crippen LogP contribution in [0.2, 0.25) is 0 Å². The van der Waals surface area contributed by atoms with Gasteiger partial charge in [-0.25, -0.2) is 0 Å². The number of fused-ring (bicyclic) bond motifs is 2. The Morgan fingerprint density at radius 1 is 0.952 bits per heavy atom. The first-order valence-corrected chi connectivity index (χ1v) is 8.95. The van der Waals surface area contributed by atoms with Crippen LogP contribution in [0.4, 0.5) is 0 Å². The van der Waals surface area contributed by atoms with Gasteiger partial charge in [0, 0.05) is 12.0 Å². The summed E-state index contributed by atoms with van der Waals surface area (Å²) in [4.78, 5) is 0. The minimum absolute atomic E-state index is 0.0930. The fraction of sp³-hybridized carbons (Fsp3) is 1.00. The molecular formula is C17H33NO3. The van der Waals surface area contributed by atoms with E-state index >= 15 is 0 Å². The average molecular weight is 299 g/mol. The van der Waals surface area contributed by atoms with Gasteiger partial charge in [-0.1, -0.05) is 51.9 Å². The lowest BCUT2D eigenvalue weighted by Crippen LogP contribution is -2.55. The Balaban J connectivity index is 1.50. The van der Waals surface area contributed by atoms with Crippen LogP contribution in [0.3, 0.4) is 0 Å². The summed E-state index contributed by atoms with van der Waals surface area (Å²) in [5.41, 5.74) is 0. The number of aliphatic hydroxyl groups is 2. The van der Waals surface area contributed by atoms with E-state index in [1.165, 1.54) is 51.4 Å². The van der Waals surface area contributed by atoms with E-state index in [2.05, 4.69) is 12.2 Å². The molecule has 2 bridgehead atoms. The van der Waals surface area contributed by atoms with E-state index in [0.717, 1.165) is 13.0 Å². The zero-order chi connectivity index (χ0) is 15.1. The number of ether oxygens (including phenoxy) is 1. The Hall–Kier alpha value is -0.160. The second kappa shape index (κ2) is 9.09. The van der Waals surface area contributed by atoms with Crippen molar-refractivity contribution in [3.8, 4) is 0 Å². The first-order valence-electron chi connectivity index (χ1n) is 8.95. The van der Waals surface area contributed by atoms with Crippen molar-refractivity contribution in [1.82, 2.24) is 5.32 Å². The highest BCUT2D eigenvalue weighted by molar-refractivity contribution is 5.00. The van der Waals surface area contributed by atoms with E-state index in [4.69, 9.17) is 4.74 Å². The zero-order valence-electron chi connectivity index (χ0n) is 13.5. The number of hydrogen-bond acceptors (Lipinski definition) is 4. The van der Waals surface area contributed by atoms with Gasteiger partial charge < -0.3 is 20.3 Å². The molecule has 21 heavy (non-hydrogen) atoms. The largest absolute Gasteiger partial charge is 0.390 e. The molecule has 0 aromatic carbocycles. The van der Waals surface area contributed by atoms with Gasteiger partial charge >= 0.3 is 0 Å². The van der Waals surface area contributed by atoms with Crippen LogP contribution in [0.1, 0.15) is 64.7 Å². The summed E-state index contributed by atoms with van der Waals surface area (Å²) in [6, 6.07) is 0.0930. The van der Waals surface area contributed by atoms with Crippen molar-refractivity contribution >= 4 is 0 Å². The topological polar surface area (TPSA) is 61.7 Å². The lowest BCUT2D eigenvalue weighted by atomic mass is 9.82. The molecule has 0 spiro atoms.